The summed E-state index contributed by atoms with van der Waals surface area (Å²) in [6.07, 6.45) is -16.7. The Morgan fingerprint density at radius 2 is 1.33 bits per heavy atom. The number of benzene rings is 3. The second-order valence-electron chi connectivity index (χ2n) is 9.27. The third kappa shape index (κ3) is 6.61. The van der Waals surface area contributed by atoms with Crippen LogP contribution in [0.25, 0.3) is 21.8 Å². The van der Waals surface area contributed by atoms with Crippen molar-refractivity contribution in [3.8, 4) is 0 Å². The quantitative estimate of drug-likeness (QED) is 0.0565. The molecule has 42 heavy (non-hydrogen) atoms. The zero-order valence-electron chi connectivity index (χ0n) is 22.0. The van der Waals surface area contributed by atoms with E-state index in [0.29, 0.717) is 44.2 Å². The first-order valence-electron chi connectivity index (χ1n) is 12.4. The number of esters is 1. The van der Waals surface area contributed by atoms with Gasteiger partial charge in [0, 0.05) is 46.4 Å². The van der Waals surface area contributed by atoms with Gasteiger partial charge in [-0.3, -0.25) is 9.59 Å². The summed E-state index contributed by atoms with van der Waals surface area (Å²) in [6, 6.07) is 18.1. The molecule has 1 aromatic heterocycles. The Kier molecular flexibility index (Phi) is 8.41. The molecule has 0 saturated heterocycles. The number of hydrogen-bond donors (Lipinski definition) is 0. The van der Waals surface area contributed by atoms with Crippen LogP contribution in [-0.2, 0) is 25.7 Å². The minimum Gasteiger partial charge on any atom is -0.443 e. The predicted octanol–water partition coefficient (Wildman–Crippen LogP) is 6.74. The molecule has 0 aliphatic carbocycles. The summed E-state index contributed by atoms with van der Waals surface area (Å²) in [7, 11) is 0. The van der Waals surface area contributed by atoms with Crippen LogP contribution in [0.15, 0.2) is 71.9 Å². The van der Waals surface area contributed by atoms with E-state index < -0.39 is 36.8 Å². The fourth-order valence-electron chi connectivity index (χ4n) is 4.37. The van der Waals surface area contributed by atoms with Crippen LogP contribution in [0.3, 0.4) is 0 Å². The molecule has 0 saturated carbocycles. The number of nitrogens with zero attached hydrogens (tertiary/aromatic N) is 2. The Bertz CT molecular complexity index is 1680. The first kappa shape index (κ1) is 30.3. The maximum atomic E-state index is 13.1. The maximum absolute atomic E-state index is 13.1. The normalized spacial score (nSPS) is 12.6. The summed E-state index contributed by atoms with van der Waals surface area (Å²) in [5.74, 6) is -2.61. The van der Waals surface area contributed by atoms with Gasteiger partial charge in [-0.15, -0.1) is 0 Å². The zero-order chi connectivity index (χ0) is 30.8. The van der Waals surface area contributed by atoms with Crippen LogP contribution < -0.4 is 0 Å². The SMILES string of the molecule is CC(=O)O/N=C(/C)c1ccc2c(c1)c1cc(C(=O)c3ccccc3)ccc1n2CCC(=O)OC(C(F)(F)F)C(F)(F)F. The van der Waals surface area contributed by atoms with Crippen LogP contribution in [0.4, 0.5) is 26.3 Å². The van der Waals surface area contributed by atoms with Crippen LogP contribution in [0.5, 0.6) is 0 Å². The Morgan fingerprint density at radius 1 is 0.786 bits per heavy atom. The van der Waals surface area contributed by atoms with Crippen molar-refractivity contribution in [2.24, 2.45) is 5.16 Å². The maximum Gasteiger partial charge on any atom is 0.434 e. The van der Waals surface area contributed by atoms with Gasteiger partial charge in [0.2, 0.25) is 0 Å². The van der Waals surface area contributed by atoms with Crippen molar-refractivity contribution in [2.75, 3.05) is 0 Å². The highest BCUT2D eigenvalue weighted by molar-refractivity contribution is 6.16. The van der Waals surface area contributed by atoms with Crippen molar-refractivity contribution in [2.45, 2.75) is 45.3 Å². The van der Waals surface area contributed by atoms with Crippen molar-refractivity contribution in [1.82, 2.24) is 4.57 Å². The molecule has 4 aromatic rings. The summed E-state index contributed by atoms with van der Waals surface area (Å²) < 4.78 is 82.5. The first-order valence-corrected chi connectivity index (χ1v) is 12.4. The van der Waals surface area contributed by atoms with E-state index in [-0.39, 0.29) is 12.3 Å². The van der Waals surface area contributed by atoms with Gasteiger partial charge in [0.15, 0.2) is 5.78 Å². The number of ether oxygens (including phenoxy) is 1. The number of carbonyl (C=O) groups is 3. The van der Waals surface area contributed by atoms with Crippen molar-refractivity contribution in [1.29, 1.82) is 0 Å². The molecule has 0 fully saturated rings. The average molecular weight is 592 g/mol. The molecule has 0 aliphatic rings. The average Bonchev–Trinajstić information content (AvgIpc) is 3.24. The second-order valence-corrected chi connectivity index (χ2v) is 9.27. The van der Waals surface area contributed by atoms with Crippen molar-refractivity contribution >= 4 is 45.2 Å². The molecular weight excluding hydrogens is 570 g/mol. The lowest BCUT2D eigenvalue weighted by molar-refractivity contribution is -0.313. The number of fused-ring (bicyclic) bond motifs is 3. The largest absolute Gasteiger partial charge is 0.443 e. The number of aromatic nitrogens is 1. The van der Waals surface area contributed by atoms with Crippen LogP contribution >= 0.6 is 0 Å². The molecule has 0 bridgehead atoms. The van der Waals surface area contributed by atoms with E-state index >= 15 is 0 Å². The highest BCUT2D eigenvalue weighted by atomic mass is 19.4. The Hall–Kier alpha value is -4.68. The van der Waals surface area contributed by atoms with Gasteiger partial charge in [0.05, 0.1) is 12.1 Å². The lowest BCUT2D eigenvalue weighted by Crippen LogP contribution is -2.45. The standard InChI is InChI=1S/C29H22F6N2O5/c1-16(36-42-17(2)38)19-8-10-23-21(14-19)22-15-20(26(40)18-6-4-3-5-7-18)9-11-24(22)37(23)13-12-25(39)41-27(28(30,31)32)29(33,34)35/h3-11,14-15,27H,12-13H2,1-2H3/b36-16-. The third-order valence-electron chi connectivity index (χ3n) is 6.28. The molecule has 0 spiro atoms. The zero-order valence-corrected chi connectivity index (χ0v) is 22.0. The van der Waals surface area contributed by atoms with Crippen molar-refractivity contribution in [3.63, 3.8) is 0 Å². The summed E-state index contributed by atoms with van der Waals surface area (Å²) in [4.78, 5) is 41.1. The molecule has 220 valence electrons. The van der Waals surface area contributed by atoms with E-state index in [0.717, 1.165) is 0 Å². The fourth-order valence-corrected chi connectivity index (χ4v) is 4.37. The third-order valence-corrected chi connectivity index (χ3v) is 6.28. The van der Waals surface area contributed by atoms with E-state index in [4.69, 9.17) is 4.84 Å². The number of carbonyl (C=O) groups excluding carboxylic acids is 3. The van der Waals surface area contributed by atoms with Gasteiger partial charge in [0.1, 0.15) is 0 Å². The van der Waals surface area contributed by atoms with Crippen LogP contribution in [0.1, 0.15) is 41.8 Å². The number of hydrogen-bond acceptors (Lipinski definition) is 6. The molecule has 3 aromatic carbocycles. The predicted molar refractivity (Wildman–Crippen MR) is 140 cm³/mol. The Labute approximate surface area is 234 Å². The number of alkyl halides is 6. The number of rotatable bonds is 8. The Morgan fingerprint density at radius 3 is 1.88 bits per heavy atom. The van der Waals surface area contributed by atoms with Gasteiger partial charge in [-0.05, 0) is 42.8 Å². The highest BCUT2D eigenvalue weighted by Gasteiger charge is 2.59. The number of ketones is 1. The van der Waals surface area contributed by atoms with Crippen LogP contribution in [-0.4, -0.2) is 46.5 Å². The topological polar surface area (TPSA) is 87.0 Å². The Balaban J connectivity index is 1.76. The molecule has 0 amide bonds. The first-order chi connectivity index (χ1) is 19.7. The van der Waals surface area contributed by atoms with Gasteiger partial charge in [0.25, 0.3) is 6.10 Å². The fraction of sp³-hybridized carbons (Fsp3) is 0.241. The summed E-state index contributed by atoms with van der Waals surface area (Å²) >= 11 is 0. The molecule has 0 unspecified atom stereocenters. The van der Waals surface area contributed by atoms with Crippen LogP contribution in [0.2, 0.25) is 0 Å². The molecule has 7 nitrogen and oxygen atoms in total. The number of oxime groups is 1. The number of halogens is 6. The minimum absolute atomic E-state index is 0.281. The smallest absolute Gasteiger partial charge is 0.434 e. The van der Waals surface area contributed by atoms with Crippen LogP contribution in [0, 0.1) is 0 Å². The second kappa shape index (κ2) is 11.7. The van der Waals surface area contributed by atoms with Gasteiger partial charge in [-0.2, -0.15) is 26.3 Å². The van der Waals surface area contributed by atoms with E-state index in [1.807, 2.05) is 0 Å². The lowest BCUT2D eigenvalue weighted by Gasteiger charge is -2.22. The van der Waals surface area contributed by atoms with Gasteiger partial charge in [-0.25, -0.2) is 4.79 Å². The van der Waals surface area contributed by atoms with Crippen molar-refractivity contribution < 1.29 is 50.3 Å². The van der Waals surface area contributed by atoms with Crippen molar-refractivity contribution in [3.05, 3.63) is 83.4 Å². The molecule has 0 atom stereocenters. The summed E-state index contributed by atoms with van der Waals surface area (Å²) in [5.41, 5.74) is 2.53. The molecule has 1 heterocycles. The molecule has 0 N–H and O–H groups in total. The van der Waals surface area contributed by atoms with E-state index in [2.05, 4.69) is 9.89 Å². The molecule has 0 aliphatic heterocycles. The summed E-state index contributed by atoms with van der Waals surface area (Å²) in [5, 5.41) is 4.82. The molecule has 13 heteroatoms. The molecule has 4 rings (SSSR count). The monoisotopic (exact) mass is 592 g/mol. The minimum atomic E-state index is -5.83. The van der Waals surface area contributed by atoms with E-state index in [1.165, 1.54) is 17.6 Å². The van der Waals surface area contributed by atoms with Gasteiger partial charge in [-0.1, -0.05) is 41.6 Å². The highest BCUT2D eigenvalue weighted by Crippen LogP contribution is 2.36. The summed E-state index contributed by atoms with van der Waals surface area (Å²) in [6.45, 7) is 2.43. The molecular formula is C29H22F6N2O5. The lowest BCUT2D eigenvalue weighted by atomic mass is 10.0. The van der Waals surface area contributed by atoms with Gasteiger partial charge >= 0.3 is 24.3 Å². The number of aryl methyl sites for hydroxylation is 1. The van der Waals surface area contributed by atoms with E-state index in [1.54, 1.807) is 67.6 Å². The van der Waals surface area contributed by atoms with E-state index in [9.17, 15) is 40.7 Å². The van der Waals surface area contributed by atoms with Gasteiger partial charge < -0.3 is 14.1 Å². The molecule has 0 radical (unpaired) electrons.